The van der Waals surface area contributed by atoms with E-state index < -0.39 is 15.1 Å². The summed E-state index contributed by atoms with van der Waals surface area (Å²) in [4.78, 5) is 0. The molecular formula is C20H26O5S. The van der Waals surface area contributed by atoms with Gasteiger partial charge in [0.05, 0.1) is 25.1 Å². The zero-order valence-corrected chi connectivity index (χ0v) is 16.1. The van der Waals surface area contributed by atoms with Crippen LogP contribution in [0.15, 0.2) is 41.0 Å². The number of phenols is 1. The first-order valence-electron chi connectivity index (χ1n) is 8.97. The second-order valence-electron chi connectivity index (χ2n) is 6.86. The molecule has 6 heteroatoms. The number of para-hydroxylation sites is 1. The lowest BCUT2D eigenvalue weighted by molar-refractivity contribution is 0.117. The Hall–Kier alpha value is -1.63. The number of hydrogen-bond acceptors (Lipinski definition) is 5. The molecule has 0 bridgehead atoms. The first kappa shape index (κ1) is 19.1. The predicted octanol–water partition coefficient (Wildman–Crippen LogP) is 3.10. The molecule has 1 aromatic rings. The van der Waals surface area contributed by atoms with Gasteiger partial charge in [0.25, 0.3) is 0 Å². The maximum absolute atomic E-state index is 12.3. The van der Waals surface area contributed by atoms with Gasteiger partial charge in [0, 0.05) is 12.7 Å². The highest BCUT2D eigenvalue weighted by Gasteiger charge is 2.46. The minimum Gasteiger partial charge on any atom is -0.507 e. The van der Waals surface area contributed by atoms with Crippen LogP contribution < -0.4 is 0 Å². The summed E-state index contributed by atoms with van der Waals surface area (Å²) in [6.07, 6.45) is 4.25. The zero-order valence-electron chi connectivity index (χ0n) is 15.3. The molecule has 1 aromatic carbocycles. The molecule has 0 saturated carbocycles. The second-order valence-corrected chi connectivity index (χ2v) is 9.05. The van der Waals surface area contributed by atoms with Crippen molar-refractivity contribution in [1.82, 2.24) is 0 Å². The lowest BCUT2D eigenvalue weighted by Crippen LogP contribution is -2.19. The van der Waals surface area contributed by atoms with Gasteiger partial charge in [0.15, 0.2) is 9.84 Å². The molecule has 0 aromatic heterocycles. The smallest absolute Gasteiger partial charge is 0.163 e. The van der Waals surface area contributed by atoms with Gasteiger partial charge in [-0.2, -0.15) is 0 Å². The Morgan fingerprint density at radius 1 is 1.38 bits per heavy atom. The van der Waals surface area contributed by atoms with E-state index in [9.17, 15) is 13.5 Å². The summed E-state index contributed by atoms with van der Waals surface area (Å²) in [5, 5.41) is 9.46. The average molecular weight is 378 g/mol. The third-order valence-corrected chi connectivity index (χ3v) is 7.16. The van der Waals surface area contributed by atoms with E-state index in [1.807, 2.05) is 18.2 Å². The molecule has 1 saturated heterocycles. The van der Waals surface area contributed by atoms with Crippen molar-refractivity contribution < 1.29 is 23.0 Å². The normalized spacial score (nSPS) is 24.9. The molecule has 0 aliphatic carbocycles. The minimum absolute atomic E-state index is 0.0923. The summed E-state index contributed by atoms with van der Waals surface area (Å²) >= 11 is 0. The van der Waals surface area contributed by atoms with Crippen molar-refractivity contribution in [3.05, 3.63) is 46.5 Å². The standard InChI is InChI=1S/C20H26O5S/c1-3-14(10-15-6-4-5-7-17(15)21)8-9-18-20-16(11-24-2)13-26(22,23)19(20)12-25-18/h4-7,10,18-19,21H,3,8-9,11-13H2,1-2H3/b14-10+/t18-,19+/m1/s1. The fourth-order valence-corrected chi connectivity index (χ4v) is 5.73. The van der Waals surface area contributed by atoms with E-state index in [2.05, 4.69) is 6.92 Å². The molecule has 2 atom stereocenters. The monoisotopic (exact) mass is 378 g/mol. The Kier molecular flexibility index (Phi) is 5.85. The van der Waals surface area contributed by atoms with Crippen LogP contribution in [0.5, 0.6) is 5.75 Å². The molecule has 3 rings (SSSR count). The number of methoxy groups -OCH3 is 1. The number of sulfone groups is 1. The summed E-state index contributed by atoms with van der Waals surface area (Å²) in [7, 11) is -1.57. The maximum atomic E-state index is 12.3. The van der Waals surface area contributed by atoms with Gasteiger partial charge in [-0.1, -0.05) is 36.8 Å². The van der Waals surface area contributed by atoms with Gasteiger partial charge < -0.3 is 14.6 Å². The highest BCUT2D eigenvalue weighted by Crippen LogP contribution is 2.38. The molecule has 5 nitrogen and oxygen atoms in total. The molecule has 0 spiro atoms. The van der Waals surface area contributed by atoms with E-state index in [-0.39, 0.29) is 24.2 Å². The summed E-state index contributed by atoms with van der Waals surface area (Å²) in [6.45, 7) is 2.68. The van der Waals surface area contributed by atoms with Crippen LogP contribution in [0.2, 0.25) is 0 Å². The van der Waals surface area contributed by atoms with E-state index >= 15 is 0 Å². The van der Waals surface area contributed by atoms with E-state index in [0.29, 0.717) is 6.61 Å². The number of benzene rings is 1. The number of fused-ring (bicyclic) bond motifs is 1. The quantitative estimate of drug-likeness (QED) is 0.738. The third kappa shape index (κ3) is 3.87. The molecule has 142 valence electrons. The predicted molar refractivity (Wildman–Crippen MR) is 102 cm³/mol. The number of hydrogen-bond donors (Lipinski definition) is 1. The van der Waals surface area contributed by atoms with Crippen LogP contribution in [0, 0.1) is 0 Å². The number of allylic oxidation sites excluding steroid dienone is 1. The van der Waals surface area contributed by atoms with Gasteiger partial charge in [-0.3, -0.25) is 0 Å². The number of phenolic OH excluding ortho intramolecular Hbond substituents is 1. The van der Waals surface area contributed by atoms with Crippen LogP contribution in [0.1, 0.15) is 31.7 Å². The van der Waals surface area contributed by atoms with Crippen LogP contribution in [-0.4, -0.2) is 51.0 Å². The van der Waals surface area contributed by atoms with Gasteiger partial charge >= 0.3 is 0 Å². The Bertz CT molecular complexity index is 822. The molecule has 26 heavy (non-hydrogen) atoms. The molecule has 2 aliphatic rings. The van der Waals surface area contributed by atoms with Crippen LogP contribution in [0.3, 0.4) is 0 Å². The first-order chi connectivity index (χ1) is 12.5. The molecule has 0 amide bonds. The molecule has 1 N–H and O–H groups in total. The average Bonchev–Trinajstić information content (AvgIpc) is 3.14. The summed E-state index contributed by atoms with van der Waals surface area (Å²) in [5.74, 6) is 0.359. The Morgan fingerprint density at radius 2 is 2.15 bits per heavy atom. The highest BCUT2D eigenvalue weighted by atomic mass is 32.2. The van der Waals surface area contributed by atoms with Gasteiger partial charge in [0.1, 0.15) is 11.0 Å². The first-order valence-corrected chi connectivity index (χ1v) is 10.7. The van der Waals surface area contributed by atoms with Crippen LogP contribution >= 0.6 is 0 Å². The van der Waals surface area contributed by atoms with Gasteiger partial charge in [0.2, 0.25) is 0 Å². The van der Waals surface area contributed by atoms with E-state index in [1.54, 1.807) is 19.2 Å². The third-order valence-electron chi connectivity index (χ3n) is 5.16. The number of aromatic hydroxyl groups is 1. The van der Waals surface area contributed by atoms with Gasteiger partial charge in [-0.25, -0.2) is 8.42 Å². The fourth-order valence-electron chi connectivity index (χ4n) is 3.80. The minimum atomic E-state index is -3.15. The van der Waals surface area contributed by atoms with Gasteiger partial charge in [-0.05, 0) is 36.5 Å². The van der Waals surface area contributed by atoms with Crippen molar-refractivity contribution in [3.63, 3.8) is 0 Å². The molecule has 1 fully saturated rings. The van der Waals surface area contributed by atoms with Crippen molar-refractivity contribution >= 4 is 15.9 Å². The molecule has 2 heterocycles. The number of rotatable bonds is 7. The second kappa shape index (κ2) is 7.94. The Balaban J connectivity index is 1.74. The molecule has 0 radical (unpaired) electrons. The van der Waals surface area contributed by atoms with Crippen molar-refractivity contribution in [2.45, 2.75) is 37.5 Å². The van der Waals surface area contributed by atoms with E-state index in [0.717, 1.165) is 36.0 Å². The summed E-state index contributed by atoms with van der Waals surface area (Å²) in [5.41, 5.74) is 3.79. The molecular weight excluding hydrogens is 352 g/mol. The van der Waals surface area contributed by atoms with Crippen molar-refractivity contribution in [2.24, 2.45) is 0 Å². The number of ether oxygens (including phenoxy) is 2. The summed E-state index contributed by atoms with van der Waals surface area (Å²) < 4.78 is 35.7. The Labute approximate surface area is 155 Å². The van der Waals surface area contributed by atoms with Crippen LogP contribution in [0.4, 0.5) is 0 Å². The lowest BCUT2D eigenvalue weighted by atomic mass is 9.96. The van der Waals surface area contributed by atoms with Crippen molar-refractivity contribution in [3.8, 4) is 5.75 Å². The molecule has 2 aliphatic heterocycles. The highest BCUT2D eigenvalue weighted by molar-refractivity contribution is 7.92. The topological polar surface area (TPSA) is 72.8 Å². The van der Waals surface area contributed by atoms with Gasteiger partial charge in [-0.15, -0.1) is 0 Å². The van der Waals surface area contributed by atoms with Crippen molar-refractivity contribution in [2.75, 3.05) is 26.1 Å². The lowest BCUT2D eigenvalue weighted by Gasteiger charge is -2.15. The zero-order chi connectivity index (χ0) is 18.7. The van der Waals surface area contributed by atoms with E-state index in [1.165, 1.54) is 5.57 Å². The molecule has 0 unspecified atom stereocenters. The van der Waals surface area contributed by atoms with Crippen LogP contribution in [-0.2, 0) is 19.3 Å². The van der Waals surface area contributed by atoms with E-state index in [4.69, 9.17) is 9.47 Å². The maximum Gasteiger partial charge on any atom is 0.163 e. The van der Waals surface area contributed by atoms with Crippen molar-refractivity contribution in [1.29, 1.82) is 0 Å². The summed E-state index contributed by atoms with van der Waals surface area (Å²) in [6, 6.07) is 7.26. The van der Waals surface area contributed by atoms with Crippen LogP contribution in [0.25, 0.3) is 6.08 Å². The SMILES string of the molecule is CC/C(=C\c1ccccc1O)CC[C@H]1OC[C@H]2C1=C(COC)CS2(=O)=O. The fraction of sp³-hybridized carbons (Fsp3) is 0.500. The largest absolute Gasteiger partial charge is 0.507 e. The Morgan fingerprint density at radius 3 is 2.85 bits per heavy atom.